The van der Waals surface area contributed by atoms with Crippen molar-refractivity contribution in [2.45, 2.75) is 70.1 Å². The van der Waals surface area contributed by atoms with E-state index in [-0.39, 0.29) is 34.7 Å². The van der Waals surface area contributed by atoms with Crippen LogP contribution in [0.4, 0.5) is 4.39 Å². The molecule has 0 radical (unpaired) electrons. The quantitative estimate of drug-likeness (QED) is 0.467. The number of ether oxygens (including phenoxy) is 1. The number of aromatic nitrogens is 2. The Balaban J connectivity index is 1.95. The predicted octanol–water partition coefficient (Wildman–Crippen LogP) is 4.13. The summed E-state index contributed by atoms with van der Waals surface area (Å²) in [6, 6.07) is 5.82. The summed E-state index contributed by atoms with van der Waals surface area (Å²) in [7, 11) is -3.95. The summed E-state index contributed by atoms with van der Waals surface area (Å²) in [5, 5.41) is -0.136. The summed E-state index contributed by atoms with van der Waals surface area (Å²) in [6.45, 7) is 11.2. The Morgan fingerprint density at radius 2 is 2.09 bits per heavy atom. The van der Waals surface area contributed by atoms with Gasteiger partial charge in [0.15, 0.2) is 0 Å². The molecule has 34 heavy (non-hydrogen) atoms. The maximum absolute atomic E-state index is 14.2. The molecule has 7 nitrogen and oxygen atoms in total. The van der Waals surface area contributed by atoms with Gasteiger partial charge in [-0.1, -0.05) is 45.0 Å². The van der Waals surface area contributed by atoms with Gasteiger partial charge in [0.1, 0.15) is 5.82 Å². The highest BCUT2D eigenvalue weighted by molar-refractivity contribution is 7.90. The van der Waals surface area contributed by atoms with Crippen LogP contribution < -0.4 is 0 Å². The van der Waals surface area contributed by atoms with Gasteiger partial charge in [-0.3, -0.25) is 4.79 Å². The molecular weight excluding hydrogens is 457 g/mol. The molecule has 1 saturated heterocycles. The van der Waals surface area contributed by atoms with Crippen molar-refractivity contribution in [3.05, 3.63) is 60.2 Å². The van der Waals surface area contributed by atoms with Crippen LogP contribution in [0.25, 0.3) is 0 Å². The summed E-state index contributed by atoms with van der Waals surface area (Å²) in [4.78, 5) is 18.8. The van der Waals surface area contributed by atoms with E-state index in [0.29, 0.717) is 31.8 Å². The fourth-order valence-corrected chi connectivity index (χ4v) is 5.52. The molecule has 1 fully saturated rings. The summed E-state index contributed by atoms with van der Waals surface area (Å²) in [5.41, 5.74) is 0.485. The van der Waals surface area contributed by atoms with Crippen molar-refractivity contribution in [2.75, 3.05) is 13.2 Å². The van der Waals surface area contributed by atoms with Crippen molar-refractivity contribution < 1.29 is 22.3 Å². The van der Waals surface area contributed by atoms with Crippen LogP contribution in [0.15, 0.2) is 48.3 Å². The molecule has 0 aliphatic carbocycles. The molecule has 1 atom stereocenters. The highest BCUT2D eigenvalue weighted by atomic mass is 32.2. The molecule has 1 aromatic carbocycles. The number of benzene rings is 1. The average molecular weight is 492 g/mol. The topological polar surface area (TPSA) is 81.5 Å². The number of amides is 1. The van der Waals surface area contributed by atoms with E-state index in [4.69, 9.17) is 4.74 Å². The van der Waals surface area contributed by atoms with Gasteiger partial charge in [-0.2, -0.15) is 0 Å². The molecule has 0 spiro atoms. The first-order chi connectivity index (χ1) is 16.0. The molecular formula is C25H34FN3O4S. The van der Waals surface area contributed by atoms with Crippen LogP contribution in [-0.2, 0) is 38.2 Å². The van der Waals surface area contributed by atoms with Gasteiger partial charge in [-0.15, -0.1) is 6.58 Å². The summed E-state index contributed by atoms with van der Waals surface area (Å²) >= 11 is 0. The number of nitrogens with zero attached hydrogens (tertiary/aromatic N) is 3. The fourth-order valence-electron chi connectivity index (χ4n) is 4.01. The number of sulfone groups is 1. The second kappa shape index (κ2) is 10.8. The fraction of sp³-hybridized carbons (Fsp3) is 0.520. The Morgan fingerprint density at radius 1 is 1.35 bits per heavy atom. The number of rotatable bonds is 10. The van der Waals surface area contributed by atoms with Crippen molar-refractivity contribution >= 4 is 15.7 Å². The molecule has 3 rings (SSSR count). The molecule has 0 saturated carbocycles. The van der Waals surface area contributed by atoms with E-state index >= 15 is 0 Å². The Kier molecular flexibility index (Phi) is 8.30. The SMILES string of the molecule is C=CCN(Cc1cnc(S(=O)(=O)Cc2ccccc2F)n1C[C@@H]1CCCO1)C(=O)CC(C)(C)C. The zero-order valence-electron chi connectivity index (χ0n) is 20.2. The second-order valence-corrected chi connectivity index (χ2v) is 11.8. The van der Waals surface area contributed by atoms with Crippen LogP contribution >= 0.6 is 0 Å². The molecule has 0 unspecified atom stereocenters. The minimum absolute atomic E-state index is 0.0481. The average Bonchev–Trinajstić information content (AvgIpc) is 3.39. The van der Waals surface area contributed by atoms with Gasteiger partial charge < -0.3 is 14.2 Å². The second-order valence-electron chi connectivity index (χ2n) is 9.93. The Labute approximate surface area is 201 Å². The van der Waals surface area contributed by atoms with E-state index in [2.05, 4.69) is 11.6 Å². The van der Waals surface area contributed by atoms with Crippen molar-refractivity contribution in [2.24, 2.45) is 5.41 Å². The van der Waals surface area contributed by atoms with Crippen molar-refractivity contribution in [3.63, 3.8) is 0 Å². The monoisotopic (exact) mass is 491 g/mol. The third kappa shape index (κ3) is 6.76. The number of carbonyl (C=O) groups excluding carboxylic acids is 1. The van der Waals surface area contributed by atoms with Crippen LogP contribution in [0.5, 0.6) is 0 Å². The number of hydrogen-bond donors (Lipinski definition) is 0. The van der Waals surface area contributed by atoms with E-state index in [0.717, 1.165) is 12.8 Å². The number of imidazole rings is 1. The molecule has 9 heteroatoms. The van der Waals surface area contributed by atoms with Gasteiger partial charge in [0.25, 0.3) is 0 Å². The molecule has 186 valence electrons. The van der Waals surface area contributed by atoms with Gasteiger partial charge >= 0.3 is 0 Å². The summed E-state index contributed by atoms with van der Waals surface area (Å²) < 4.78 is 48.2. The lowest BCUT2D eigenvalue weighted by Gasteiger charge is -2.26. The molecule has 1 aliphatic heterocycles. The smallest absolute Gasteiger partial charge is 0.228 e. The lowest BCUT2D eigenvalue weighted by molar-refractivity contribution is -0.133. The van der Waals surface area contributed by atoms with Crippen LogP contribution in [0.3, 0.4) is 0 Å². The van der Waals surface area contributed by atoms with Gasteiger partial charge in [0.05, 0.1) is 36.8 Å². The Bertz CT molecular complexity index is 1120. The highest BCUT2D eigenvalue weighted by Crippen LogP contribution is 2.25. The first kappa shape index (κ1) is 26.1. The van der Waals surface area contributed by atoms with Crippen LogP contribution in [0, 0.1) is 11.2 Å². The normalized spacial score (nSPS) is 16.5. The number of hydrogen-bond acceptors (Lipinski definition) is 5. The molecule has 2 aromatic rings. The van der Waals surface area contributed by atoms with Gasteiger partial charge in [0, 0.05) is 25.1 Å². The lowest BCUT2D eigenvalue weighted by Crippen LogP contribution is -2.34. The van der Waals surface area contributed by atoms with Crippen LogP contribution in [0.1, 0.15) is 51.3 Å². The summed E-state index contributed by atoms with van der Waals surface area (Å²) in [6.07, 6.45) is 5.05. The van der Waals surface area contributed by atoms with Crippen molar-refractivity contribution in [1.82, 2.24) is 14.5 Å². The van der Waals surface area contributed by atoms with E-state index in [1.165, 1.54) is 24.4 Å². The predicted molar refractivity (Wildman–Crippen MR) is 128 cm³/mol. The molecule has 1 amide bonds. The molecule has 1 aromatic heterocycles. The van der Waals surface area contributed by atoms with Gasteiger partial charge in [-0.05, 0) is 24.3 Å². The molecule has 0 N–H and O–H groups in total. The largest absolute Gasteiger partial charge is 0.376 e. The lowest BCUT2D eigenvalue weighted by atomic mass is 9.91. The van der Waals surface area contributed by atoms with E-state index in [1.54, 1.807) is 21.6 Å². The Morgan fingerprint density at radius 3 is 2.71 bits per heavy atom. The number of halogens is 1. The minimum atomic E-state index is -3.95. The number of carbonyl (C=O) groups is 1. The first-order valence-corrected chi connectivity index (χ1v) is 13.2. The molecule has 2 heterocycles. The van der Waals surface area contributed by atoms with Crippen molar-refractivity contribution in [3.8, 4) is 0 Å². The third-order valence-electron chi connectivity index (χ3n) is 5.63. The first-order valence-electron chi connectivity index (χ1n) is 11.5. The minimum Gasteiger partial charge on any atom is -0.376 e. The molecule has 0 bridgehead atoms. The van der Waals surface area contributed by atoms with E-state index in [1.807, 2.05) is 20.8 Å². The zero-order valence-corrected chi connectivity index (χ0v) is 21.0. The van der Waals surface area contributed by atoms with E-state index in [9.17, 15) is 17.6 Å². The van der Waals surface area contributed by atoms with E-state index < -0.39 is 21.4 Å². The van der Waals surface area contributed by atoms with Gasteiger partial charge in [-0.25, -0.2) is 17.8 Å². The van der Waals surface area contributed by atoms with Crippen LogP contribution in [-0.4, -0.2) is 48.0 Å². The van der Waals surface area contributed by atoms with Crippen molar-refractivity contribution in [1.29, 1.82) is 0 Å². The van der Waals surface area contributed by atoms with Crippen LogP contribution in [0.2, 0.25) is 0 Å². The maximum atomic E-state index is 14.2. The Hall–Kier alpha value is -2.52. The third-order valence-corrected chi connectivity index (χ3v) is 7.20. The standard InChI is InChI=1S/C25H34FN3O4S/c1-5-12-28(23(30)14-25(2,3)4)16-20-15-27-24(29(20)17-21-10-8-13-33-21)34(31,32)18-19-9-6-7-11-22(19)26/h5-7,9,11,15,21H,1,8,10,12-14,16-18H2,2-4H3/t21-/m0/s1. The highest BCUT2D eigenvalue weighted by Gasteiger charge is 2.29. The zero-order chi connectivity index (χ0) is 24.9. The van der Waals surface area contributed by atoms with Gasteiger partial charge in [0.2, 0.25) is 20.9 Å². The summed E-state index contributed by atoms with van der Waals surface area (Å²) in [5.74, 6) is -1.12. The molecule has 1 aliphatic rings. The maximum Gasteiger partial charge on any atom is 0.228 e.